The lowest BCUT2D eigenvalue weighted by atomic mass is 9.88. The van der Waals surface area contributed by atoms with Gasteiger partial charge in [0.05, 0.1) is 6.10 Å². The minimum absolute atomic E-state index is 0.103. The molecule has 1 aliphatic carbocycles. The molecule has 0 aromatic heterocycles. The second-order valence-electron chi connectivity index (χ2n) is 5.60. The number of rotatable bonds is 5. The van der Waals surface area contributed by atoms with Crippen molar-refractivity contribution in [2.45, 2.75) is 38.7 Å². The normalized spacial score (nSPS) is 21.8. The van der Waals surface area contributed by atoms with Crippen molar-refractivity contribution >= 4 is 28.8 Å². The van der Waals surface area contributed by atoms with E-state index in [2.05, 4.69) is 12.2 Å². The summed E-state index contributed by atoms with van der Waals surface area (Å²) in [5, 5.41) is 2.81. The fraction of sp³-hybridized carbons (Fsp3) is 0.500. The zero-order valence-corrected chi connectivity index (χ0v) is 13.1. The first kappa shape index (κ1) is 15.9. The van der Waals surface area contributed by atoms with Crippen LogP contribution in [0.3, 0.4) is 0 Å². The third kappa shape index (κ3) is 4.79. The zero-order valence-electron chi connectivity index (χ0n) is 12.3. The Morgan fingerprint density at radius 2 is 2.00 bits per heavy atom. The van der Waals surface area contributed by atoms with Gasteiger partial charge in [-0.2, -0.15) is 0 Å². The van der Waals surface area contributed by atoms with Crippen LogP contribution in [-0.4, -0.2) is 23.6 Å². The first-order valence-corrected chi connectivity index (χ1v) is 7.78. The fourth-order valence-electron chi connectivity index (χ4n) is 2.63. The van der Waals surface area contributed by atoms with Crippen LogP contribution in [0.2, 0.25) is 0 Å². The van der Waals surface area contributed by atoms with Crippen molar-refractivity contribution in [2.75, 3.05) is 11.9 Å². The predicted molar refractivity (Wildman–Crippen MR) is 88.3 cm³/mol. The van der Waals surface area contributed by atoms with Crippen LogP contribution in [0.4, 0.5) is 5.69 Å². The average molecular weight is 306 g/mol. The number of thiocarbonyl (C=S) groups is 1. The highest BCUT2D eigenvalue weighted by Crippen LogP contribution is 2.26. The van der Waals surface area contributed by atoms with Crippen LogP contribution in [0.25, 0.3) is 0 Å². The smallest absolute Gasteiger partial charge is 0.250 e. The molecule has 1 aromatic rings. The van der Waals surface area contributed by atoms with E-state index in [4.69, 9.17) is 22.7 Å². The lowest BCUT2D eigenvalue weighted by molar-refractivity contribution is -0.124. The molecular formula is C16H22N2O2S. The van der Waals surface area contributed by atoms with Gasteiger partial charge in [-0.1, -0.05) is 32.0 Å². The number of amides is 1. The van der Waals surface area contributed by atoms with Crippen molar-refractivity contribution in [3.8, 4) is 0 Å². The lowest BCUT2D eigenvalue weighted by Crippen LogP contribution is -2.29. The molecule has 1 fully saturated rings. The first-order valence-electron chi connectivity index (χ1n) is 7.37. The van der Waals surface area contributed by atoms with Crippen molar-refractivity contribution in [3.63, 3.8) is 0 Å². The van der Waals surface area contributed by atoms with Crippen LogP contribution in [-0.2, 0) is 9.53 Å². The maximum atomic E-state index is 11.9. The molecule has 0 spiro atoms. The molecule has 1 aromatic carbocycles. The molecule has 0 radical (unpaired) electrons. The summed E-state index contributed by atoms with van der Waals surface area (Å²) in [5.41, 5.74) is 7.04. The summed E-state index contributed by atoms with van der Waals surface area (Å²) in [4.78, 5) is 12.2. The van der Waals surface area contributed by atoms with Crippen molar-refractivity contribution in [1.82, 2.24) is 0 Å². The molecular weight excluding hydrogens is 284 g/mol. The molecule has 5 heteroatoms. The summed E-state index contributed by atoms with van der Waals surface area (Å²) in [6.07, 6.45) is 4.91. The average Bonchev–Trinajstić information content (AvgIpc) is 2.47. The predicted octanol–water partition coefficient (Wildman–Crippen LogP) is 2.85. The molecule has 0 aliphatic heterocycles. The Kier molecular flexibility index (Phi) is 5.70. The van der Waals surface area contributed by atoms with Crippen molar-refractivity contribution < 1.29 is 9.53 Å². The number of benzene rings is 1. The topological polar surface area (TPSA) is 64.3 Å². The Morgan fingerprint density at radius 3 is 2.62 bits per heavy atom. The van der Waals surface area contributed by atoms with Gasteiger partial charge in [-0.3, -0.25) is 4.79 Å². The molecule has 0 heterocycles. The van der Waals surface area contributed by atoms with Gasteiger partial charge in [0.1, 0.15) is 11.6 Å². The standard InChI is InChI=1S/C16H22N2O2S/c1-11-4-2-3-5-14(11)20-10-15(19)18-13-8-6-12(7-9-13)16(17)21/h6-9,11,14H,2-5,10H2,1H3,(H2,17,21)(H,18,19). The highest BCUT2D eigenvalue weighted by molar-refractivity contribution is 7.80. The van der Waals surface area contributed by atoms with E-state index in [9.17, 15) is 4.79 Å². The maximum Gasteiger partial charge on any atom is 0.250 e. The number of carbonyl (C=O) groups excluding carboxylic acids is 1. The molecule has 2 unspecified atom stereocenters. The van der Waals surface area contributed by atoms with Gasteiger partial charge in [0, 0.05) is 11.3 Å². The Hall–Kier alpha value is -1.46. The highest BCUT2D eigenvalue weighted by Gasteiger charge is 2.22. The fourth-order valence-corrected chi connectivity index (χ4v) is 2.76. The van der Waals surface area contributed by atoms with Crippen LogP contribution in [0, 0.1) is 5.92 Å². The van der Waals surface area contributed by atoms with Crippen molar-refractivity contribution in [2.24, 2.45) is 11.7 Å². The minimum Gasteiger partial charge on any atom is -0.389 e. The Labute approximate surface area is 131 Å². The summed E-state index contributed by atoms with van der Waals surface area (Å²) >= 11 is 4.89. The van der Waals surface area contributed by atoms with Gasteiger partial charge in [-0.15, -0.1) is 0 Å². The number of anilines is 1. The van der Waals surface area contributed by atoms with E-state index in [1.54, 1.807) is 24.3 Å². The number of nitrogens with two attached hydrogens (primary N) is 1. The Balaban J connectivity index is 1.80. The van der Waals surface area contributed by atoms with Crippen molar-refractivity contribution in [3.05, 3.63) is 29.8 Å². The minimum atomic E-state index is -0.129. The summed E-state index contributed by atoms with van der Waals surface area (Å²) in [7, 11) is 0. The van der Waals surface area contributed by atoms with E-state index in [1.807, 2.05) is 0 Å². The van der Waals surface area contributed by atoms with Gasteiger partial charge < -0.3 is 15.8 Å². The van der Waals surface area contributed by atoms with E-state index in [0.717, 1.165) is 17.7 Å². The molecule has 1 aliphatic rings. The molecule has 114 valence electrons. The molecule has 1 saturated carbocycles. The third-order valence-corrected chi connectivity index (χ3v) is 4.15. The van der Waals surface area contributed by atoms with E-state index in [1.165, 1.54) is 19.3 Å². The lowest BCUT2D eigenvalue weighted by Gasteiger charge is -2.28. The van der Waals surface area contributed by atoms with Gasteiger partial charge in [-0.25, -0.2) is 0 Å². The molecule has 4 nitrogen and oxygen atoms in total. The number of hydrogen-bond acceptors (Lipinski definition) is 3. The largest absolute Gasteiger partial charge is 0.389 e. The first-order chi connectivity index (χ1) is 10.1. The second-order valence-corrected chi connectivity index (χ2v) is 6.04. The Bertz CT molecular complexity index is 502. The Morgan fingerprint density at radius 1 is 1.33 bits per heavy atom. The molecule has 0 saturated heterocycles. The molecule has 2 rings (SSSR count). The number of hydrogen-bond donors (Lipinski definition) is 2. The molecule has 21 heavy (non-hydrogen) atoms. The van der Waals surface area contributed by atoms with Crippen LogP contribution >= 0.6 is 12.2 Å². The van der Waals surface area contributed by atoms with Crippen LogP contribution < -0.4 is 11.1 Å². The van der Waals surface area contributed by atoms with Gasteiger partial charge in [-0.05, 0) is 43.0 Å². The molecule has 3 N–H and O–H groups in total. The summed E-state index contributed by atoms with van der Waals surface area (Å²) in [6.45, 7) is 2.29. The van der Waals surface area contributed by atoms with Crippen molar-refractivity contribution in [1.29, 1.82) is 0 Å². The zero-order chi connectivity index (χ0) is 15.2. The van der Waals surface area contributed by atoms with E-state index in [-0.39, 0.29) is 18.6 Å². The van der Waals surface area contributed by atoms with E-state index in [0.29, 0.717) is 10.9 Å². The van der Waals surface area contributed by atoms with Crippen LogP contribution in [0.1, 0.15) is 38.2 Å². The number of carbonyl (C=O) groups is 1. The van der Waals surface area contributed by atoms with Crippen LogP contribution in [0.15, 0.2) is 24.3 Å². The molecule has 0 bridgehead atoms. The molecule has 1 amide bonds. The van der Waals surface area contributed by atoms with E-state index < -0.39 is 0 Å². The van der Waals surface area contributed by atoms with Gasteiger partial charge >= 0.3 is 0 Å². The van der Waals surface area contributed by atoms with Crippen LogP contribution in [0.5, 0.6) is 0 Å². The quantitative estimate of drug-likeness (QED) is 0.821. The monoisotopic (exact) mass is 306 g/mol. The summed E-state index contributed by atoms with van der Waals surface area (Å²) in [6, 6.07) is 7.16. The highest BCUT2D eigenvalue weighted by atomic mass is 32.1. The van der Waals surface area contributed by atoms with Gasteiger partial charge in [0.15, 0.2) is 0 Å². The second kappa shape index (κ2) is 7.52. The SMILES string of the molecule is CC1CCCCC1OCC(=O)Nc1ccc(C(N)=S)cc1. The number of ether oxygens (including phenoxy) is 1. The summed E-state index contributed by atoms with van der Waals surface area (Å²) in [5.74, 6) is 0.409. The van der Waals surface area contributed by atoms with Gasteiger partial charge in [0.25, 0.3) is 0 Å². The van der Waals surface area contributed by atoms with E-state index >= 15 is 0 Å². The number of nitrogens with one attached hydrogen (secondary N) is 1. The maximum absolute atomic E-state index is 11.9. The third-order valence-electron chi connectivity index (χ3n) is 3.91. The summed E-state index contributed by atoms with van der Waals surface area (Å²) < 4.78 is 5.74. The van der Waals surface area contributed by atoms with Gasteiger partial charge in [0.2, 0.25) is 5.91 Å². The molecule has 2 atom stereocenters.